The maximum atomic E-state index is 7.93. The summed E-state index contributed by atoms with van der Waals surface area (Å²) in [4.78, 5) is 0. The van der Waals surface area contributed by atoms with Crippen LogP contribution in [-0.2, 0) is 7.05 Å². The van der Waals surface area contributed by atoms with Gasteiger partial charge in [-0.25, -0.2) is 4.57 Å². The van der Waals surface area contributed by atoms with Crippen molar-refractivity contribution in [3.8, 4) is 5.82 Å². The van der Waals surface area contributed by atoms with Crippen LogP contribution in [0, 0.1) is 20.7 Å². The number of pyridine rings is 1. The van der Waals surface area contributed by atoms with Crippen molar-refractivity contribution < 1.29 is 8.68 Å². The van der Waals surface area contributed by atoms with E-state index in [-0.39, 0.29) is 0 Å². The molecule has 0 unspecified atom stereocenters. The van der Waals surface area contributed by atoms with Gasteiger partial charge in [-0.2, -0.15) is 4.57 Å². The van der Waals surface area contributed by atoms with Gasteiger partial charge in [0.2, 0.25) is 0 Å². The van der Waals surface area contributed by atoms with E-state index in [4.69, 9.17) is 4.11 Å². The topological polar surface area (TPSA) is 8.81 Å². The van der Waals surface area contributed by atoms with Gasteiger partial charge in [0.25, 0.3) is 5.82 Å². The van der Waals surface area contributed by atoms with E-state index >= 15 is 0 Å². The van der Waals surface area contributed by atoms with Gasteiger partial charge in [-0.3, -0.25) is 0 Å². The highest BCUT2D eigenvalue weighted by Crippen LogP contribution is 2.36. The Morgan fingerprint density at radius 1 is 1.00 bits per heavy atom. The van der Waals surface area contributed by atoms with E-state index < -0.39 is 6.85 Å². The standard InChI is InChI=1S/C24H27N2/c1-15(2)19-12-13-21-20-11-10-16(3)14-22(20)26(24(21)18(19)5)23-9-7-8-17(4)25(23)6/h7-15H,1-6H3/q+1/i4D3. The van der Waals surface area contributed by atoms with Gasteiger partial charge in [-0.05, 0) is 62.0 Å². The number of hydrogen-bond donors (Lipinski definition) is 0. The zero-order chi connectivity index (χ0) is 21.1. The van der Waals surface area contributed by atoms with Gasteiger partial charge in [-0.1, -0.05) is 32.0 Å². The summed E-state index contributed by atoms with van der Waals surface area (Å²) in [5.74, 6) is 1.27. The fourth-order valence-electron chi connectivity index (χ4n) is 4.06. The van der Waals surface area contributed by atoms with Gasteiger partial charge in [0.15, 0.2) is 0 Å². The van der Waals surface area contributed by atoms with Gasteiger partial charge in [0.05, 0.1) is 7.05 Å². The van der Waals surface area contributed by atoms with Crippen molar-refractivity contribution in [2.75, 3.05) is 0 Å². The van der Waals surface area contributed by atoms with Crippen LogP contribution >= 0.6 is 0 Å². The van der Waals surface area contributed by atoms with Crippen LogP contribution in [0.4, 0.5) is 0 Å². The van der Waals surface area contributed by atoms with Gasteiger partial charge >= 0.3 is 0 Å². The van der Waals surface area contributed by atoms with Crippen molar-refractivity contribution in [3.05, 3.63) is 70.9 Å². The summed E-state index contributed by atoms with van der Waals surface area (Å²) in [6.45, 7) is 6.51. The lowest BCUT2D eigenvalue weighted by Gasteiger charge is -2.12. The van der Waals surface area contributed by atoms with Crippen molar-refractivity contribution >= 4 is 21.8 Å². The minimum absolute atomic E-state index is 0.329. The maximum absolute atomic E-state index is 7.93. The number of rotatable bonds is 2. The molecule has 0 saturated heterocycles. The predicted octanol–water partition coefficient (Wildman–Crippen LogP) is 5.66. The van der Waals surface area contributed by atoms with Gasteiger partial charge in [0.1, 0.15) is 16.7 Å². The number of aromatic nitrogens is 2. The van der Waals surface area contributed by atoms with E-state index in [1.54, 1.807) is 10.6 Å². The second kappa shape index (κ2) is 5.98. The Kier molecular flexibility index (Phi) is 3.12. The number of fused-ring (bicyclic) bond motifs is 3. The summed E-state index contributed by atoms with van der Waals surface area (Å²) in [7, 11) is 1.84. The zero-order valence-electron chi connectivity index (χ0n) is 19.1. The molecule has 2 heterocycles. The molecule has 0 aliphatic heterocycles. The van der Waals surface area contributed by atoms with Gasteiger partial charge in [0, 0.05) is 26.5 Å². The van der Waals surface area contributed by atoms with E-state index in [2.05, 4.69) is 62.6 Å². The highest BCUT2D eigenvalue weighted by Gasteiger charge is 2.24. The molecule has 0 radical (unpaired) electrons. The van der Waals surface area contributed by atoms with Crippen LogP contribution in [0.3, 0.4) is 0 Å². The van der Waals surface area contributed by atoms with Gasteiger partial charge < -0.3 is 0 Å². The summed E-state index contributed by atoms with van der Waals surface area (Å²) < 4.78 is 27.8. The third-order valence-electron chi connectivity index (χ3n) is 5.44. The first-order valence-corrected chi connectivity index (χ1v) is 9.15. The molecule has 0 saturated carbocycles. The molecule has 0 spiro atoms. The van der Waals surface area contributed by atoms with E-state index in [1.807, 2.05) is 19.2 Å². The minimum Gasteiger partial charge on any atom is -0.234 e. The Hall–Kier alpha value is -2.61. The summed E-state index contributed by atoms with van der Waals surface area (Å²) in [6, 6.07) is 16.4. The number of aryl methyl sites for hydroxylation is 3. The molecule has 2 heteroatoms. The van der Waals surface area contributed by atoms with Crippen LogP contribution in [0.2, 0.25) is 0 Å². The maximum Gasteiger partial charge on any atom is 0.286 e. The molecule has 2 aromatic heterocycles. The SMILES string of the molecule is [2H]C([2H])([2H])c1cccc(-n2c3cc(C)ccc3c3ccc(C(C)C)c(C)c32)[n+]1C. The summed E-state index contributed by atoms with van der Waals surface area (Å²) >= 11 is 0. The first-order chi connectivity index (χ1) is 13.6. The highest BCUT2D eigenvalue weighted by molar-refractivity contribution is 6.10. The lowest BCUT2D eigenvalue weighted by molar-refractivity contribution is -0.671. The van der Waals surface area contributed by atoms with Crippen molar-refractivity contribution in [2.45, 2.75) is 40.5 Å². The molecule has 4 aromatic rings. The Balaban J connectivity index is 2.21. The van der Waals surface area contributed by atoms with Crippen LogP contribution in [0.1, 0.15) is 46.3 Å². The molecule has 132 valence electrons. The average molecular weight is 347 g/mol. The predicted molar refractivity (Wildman–Crippen MR) is 110 cm³/mol. The van der Waals surface area contributed by atoms with E-state index in [1.165, 1.54) is 27.5 Å². The van der Waals surface area contributed by atoms with Crippen molar-refractivity contribution in [1.29, 1.82) is 0 Å². The fraction of sp³-hybridized carbons (Fsp3) is 0.292. The largest absolute Gasteiger partial charge is 0.286 e. The molecule has 0 N–H and O–H groups in total. The first kappa shape index (κ1) is 13.6. The smallest absolute Gasteiger partial charge is 0.234 e. The Labute approximate surface area is 159 Å². The van der Waals surface area contributed by atoms with Crippen LogP contribution in [0.25, 0.3) is 27.6 Å². The summed E-state index contributed by atoms with van der Waals surface area (Å²) in [6.07, 6.45) is 0. The molecule has 4 rings (SSSR count). The lowest BCUT2D eigenvalue weighted by atomic mass is 9.95. The quantitative estimate of drug-likeness (QED) is 0.414. The minimum atomic E-state index is -2.17. The molecular formula is C24H27N2+. The lowest BCUT2D eigenvalue weighted by Crippen LogP contribution is -2.37. The first-order valence-electron chi connectivity index (χ1n) is 10.7. The molecule has 0 aliphatic rings. The van der Waals surface area contributed by atoms with Gasteiger partial charge in [-0.15, -0.1) is 0 Å². The molecule has 0 atom stereocenters. The molecule has 0 aliphatic carbocycles. The highest BCUT2D eigenvalue weighted by atomic mass is 15.1. The number of nitrogens with zero attached hydrogens (tertiary/aromatic N) is 2. The normalized spacial score (nSPS) is 14.0. The Morgan fingerprint density at radius 2 is 1.77 bits per heavy atom. The van der Waals surface area contributed by atoms with Crippen LogP contribution < -0.4 is 4.57 Å². The second-order valence-electron chi connectivity index (χ2n) is 7.51. The number of benzene rings is 2. The fourth-order valence-corrected chi connectivity index (χ4v) is 4.06. The summed E-state index contributed by atoms with van der Waals surface area (Å²) in [5, 5.41) is 2.38. The molecule has 2 aromatic carbocycles. The third-order valence-corrected chi connectivity index (χ3v) is 5.44. The Bertz CT molecular complexity index is 1250. The van der Waals surface area contributed by atoms with Crippen LogP contribution in [0.5, 0.6) is 0 Å². The van der Waals surface area contributed by atoms with Crippen molar-refractivity contribution in [2.24, 2.45) is 7.05 Å². The average Bonchev–Trinajstić information content (AvgIpc) is 2.95. The number of hydrogen-bond acceptors (Lipinski definition) is 0. The molecule has 0 fully saturated rings. The van der Waals surface area contributed by atoms with Crippen molar-refractivity contribution in [1.82, 2.24) is 4.57 Å². The molecule has 2 nitrogen and oxygen atoms in total. The zero-order valence-corrected chi connectivity index (χ0v) is 16.1. The van der Waals surface area contributed by atoms with E-state index in [0.717, 1.165) is 16.9 Å². The third kappa shape index (κ3) is 2.36. The van der Waals surface area contributed by atoms with Crippen LogP contribution in [-0.4, -0.2) is 4.57 Å². The summed E-state index contributed by atoms with van der Waals surface area (Å²) in [5.41, 5.74) is 6.31. The molecule has 0 amide bonds. The second-order valence-corrected chi connectivity index (χ2v) is 7.51. The monoisotopic (exact) mass is 346 g/mol. The Morgan fingerprint density at radius 3 is 2.50 bits per heavy atom. The molecule has 26 heavy (non-hydrogen) atoms. The van der Waals surface area contributed by atoms with Crippen LogP contribution in [0.15, 0.2) is 48.5 Å². The van der Waals surface area contributed by atoms with E-state index in [0.29, 0.717) is 11.6 Å². The van der Waals surface area contributed by atoms with Crippen molar-refractivity contribution in [3.63, 3.8) is 0 Å². The van der Waals surface area contributed by atoms with E-state index in [9.17, 15) is 0 Å². The molecular weight excluding hydrogens is 316 g/mol. The molecule has 0 bridgehead atoms.